The van der Waals surface area contributed by atoms with Gasteiger partial charge >= 0.3 is 0 Å². The zero-order chi connectivity index (χ0) is 18.6. The van der Waals surface area contributed by atoms with E-state index < -0.39 is 17.8 Å². The molecule has 1 atom stereocenters. The highest BCUT2D eigenvalue weighted by molar-refractivity contribution is 6.31. The van der Waals surface area contributed by atoms with Gasteiger partial charge in [0, 0.05) is 16.3 Å². The summed E-state index contributed by atoms with van der Waals surface area (Å²) in [6, 6.07) is 9.63. The third-order valence-electron chi connectivity index (χ3n) is 3.78. The summed E-state index contributed by atoms with van der Waals surface area (Å²) in [6.45, 7) is 5.53. The number of halogens is 2. The maximum absolute atomic E-state index is 13.0. The molecule has 2 N–H and O–H groups in total. The molecule has 4 nitrogen and oxygen atoms in total. The van der Waals surface area contributed by atoms with Crippen LogP contribution in [0.2, 0.25) is 5.02 Å². The molecule has 2 aromatic carbocycles. The van der Waals surface area contributed by atoms with Crippen LogP contribution in [0.25, 0.3) is 0 Å². The molecule has 2 aromatic rings. The van der Waals surface area contributed by atoms with Crippen molar-refractivity contribution in [1.82, 2.24) is 5.32 Å². The lowest BCUT2D eigenvalue weighted by atomic mass is 10.0. The molecule has 132 valence electrons. The van der Waals surface area contributed by atoms with E-state index in [1.807, 2.05) is 20.8 Å². The van der Waals surface area contributed by atoms with E-state index in [4.69, 9.17) is 11.6 Å². The molecule has 0 fully saturated rings. The molecule has 0 aliphatic carbocycles. The summed E-state index contributed by atoms with van der Waals surface area (Å²) in [4.78, 5) is 24.8. The van der Waals surface area contributed by atoms with Gasteiger partial charge in [-0.25, -0.2) is 4.39 Å². The Balaban J connectivity index is 2.11. The van der Waals surface area contributed by atoms with E-state index in [0.29, 0.717) is 16.3 Å². The number of carbonyl (C=O) groups excluding carboxylic acids is 2. The van der Waals surface area contributed by atoms with Crippen molar-refractivity contribution in [3.63, 3.8) is 0 Å². The number of nitrogens with one attached hydrogen (secondary N) is 2. The summed E-state index contributed by atoms with van der Waals surface area (Å²) in [6.07, 6.45) is 0. The lowest BCUT2D eigenvalue weighted by Crippen LogP contribution is -2.47. The molecule has 0 saturated heterocycles. The maximum Gasteiger partial charge on any atom is 0.251 e. The van der Waals surface area contributed by atoms with Gasteiger partial charge in [0.25, 0.3) is 5.91 Å². The van der Waals surface area contributed by atoms with Crippen LogP contribution >= 0.6 is 11.6 Å². The number of hydrogen-bond donors (Lipinski definition) is 2. The highest BCUT2D eigenvalue weighted by Gasteiger charge is 2.25. The standard InChI is InChI=1S/C19H20ClFN2O2/c1-11(2)17(23-18(24)13-5-7-14(21)8-6-13)19(25)22-15-9-4-12(3)16(20)10-15/h4-11,17H,1-3H3,(H,22,25)(H,23,24)/t17-/m0/s1. The lowest BCUT2D eigenvalue weighted by Gasteiger charge is -2.22. The predicted octanol–water partition coefficient (Wildman–Crippen LogP) is 4.18. The van der Waals surface area contributed by atoms with Gasteiger partial charge in [-0.2, -0.15) is 0 Å². The number of benzene rings is 2. The van der Waals surface area contributed by atoms with Crippen LogP contribution in [0.5, 0.6) is 0 Å². The van der Waals surface area contributed by atoms with E-state index in [1.165, 1.54) is 24.3 Å². The molecule has 0 aliphatic heterocycles. The first-order valence-corrected chi connectivity index (χ1v) is 8.29. The van der Waals surface area contributed by atoms with Gasteiger partial charge in [0.05, 0.1) is 0 Å². The molecule has 0 radical (unpaired) electrons. The minimum atomic E-state index is -0.738. The van der Waals surface area contributed by atoms with Gasteiger partial charge in [-0.05, 0) is 54.8 Å². The molecule has 0 aliphatic rings. The van der Waals surface area contributed by atoms with Gasteiger partial charge < -0.3 is 10.6 Å². The Hall–Kier alpha value is -2.40. The molecule has 0 saturated carbocycles. The van der Waals surface area contributed by atoms with Crippen molar-refractivity contribution in [1.29, 1.82) is 0 Å². The zero-order valence-corrected chi connectivity index (χ0v) is 15.0. The largest absolute Gasteiger partial charge is 0.340 e. The third-order valence-corrected chi connectivity index (χ3v) is 4.19. The summed E-state index contributed by atoms with van der Waals surface area (Å²) < 4.78 is 13.0. The van der Waals surface area contributed by atoms with E-state index in [1.54, 1.807) is 18.2 Å². The first-order valence-electron chi connectivity index (χ1n) is 7.91. The van der Waals surface area contributed by atoms with Gasteiger partial charge in [-0.15, -0.1) is 0 Å². The number of rotatable bonds is 5. The van der Waals surface area contributed by atoms with Crippen LogP contribution in [0, 0.1) is 18.7 Å². The van der Waals surface area contributed by atoms with Gasteiger partial charge in [-0.1, -0.05) is 31.5 Å². The highest BCUT2D eigenvalue weighted by atomic mass is 35.5. The molecule has 0 spiro atoms. The van der Waals surface area contributed by atoms with Crippen molar-refractivity contribution in [3.05, 3.63) is 64.4 Å². The number of hydrogen-bond acceptors (Lipinski definition) is 2. The van der Waals surface area contributed by atoms with Gasteiger partial charge in [0.1, 0.15) is 11.9 Å². The molecule has 2 rings (SSSR count). The SMILES string of the molecule is Cc1ccc(NC(=O)[C@@H](NC(=O)c2ccc(F)cc2)C(C)C)cc1Cl. The van der Waals surface area contributed by atoms with Crippen LogP contribution in [-0.4, -0.2) is 17.9 Å². The fourth-order valence-corrected chi connectivity index (χ4v) is 2.43. The summed E-state index contributed by atoms with van der Waals surface area (Å²) in [7, 11) is 0. The van der Waals surface area contributed by atoms with Crippen LogP contribution in [-0.2, 0) is 4.79 Å². The first kappa shape index (κ1) is 18.9. The van der Waals surface area contributed by atoms with E-state index in [-0.39, 0.29) is 11.8 Å². The summed E-state index contributed by atoms with van der Waals surface area (Å²) >= 11 is 6.06. The molecule has 0 heterocycles. The van der Waals surface area contributed by atoms with E-state index in [9.17, 15) is 14.0 Å². The van der Waals surface area contributed by atoms with Gasteiger partial charge in [-0.3, -0.25) is 9.59 Å². The van der Waals surface area contributed by atoms with Crippen LogP contribution in [0.1, 0.15) is 29.8 Å². The van der Waals surface area contributed by atoms with Crippen molar-refractivity contribution >= 4 is 29.1 Å². The molecule has 6 heteroatoms. The Morgan fingerprint density at radius 1 is 1.08 bits per heavy atom. The monoisotopic (exact) mass is 362 g/mol. The lowest BCUT2D eigenvalue weighted by molar-refractivity contribution is -0.118. The van der Waals surface area contributed by atoms with E-state index in [2.05, 4.69) is 10.6 Å². The average molecular weight is 363 g/mol. The van der Waals surface area contributed by atoms with Crippen molar-refractivity contribution in [3.8, 4) is 0 Å². The van der Waals surface area contributed by atoms with E-state index in [0.717, 1.165) is 5.56 Å². The van der Waals surface area contributed by atoms with Crippen molar-refractivity contribution < 1.29 is 14.0 Å². The quantitative estimate of drug-likeness (QED) is 0.838. The van der Waals surface area contributed by atoms with E-state index >= 15 is 0 Å². The number of carbonyl (C=O) groups is 2. The summed E-state index contributed by atoms with van der Waals surface area (Å²) in [5.41, 5.74) is 1.75. The Morgan fingerprint density at radius 2 is 1.72 bits per heavy atom. The topological polar surface area (TPSA) is 58.2 Å². The summed E-state index contributed by atoms with van der Waals surface area (Å²) in [5, 5.41) is 6.00. The third kappa shape index (κ3) is 5.03. The minimum Gasteiger partial charge on any atom is -0.340 e. The highest BCUT2D eigenvalue weighted by Crippen LogP contribution is 2.20. The minimum absolute atomic E-state index is 0.134. The second kappa shape index (κ2) is 8.12. The Labute approximate surface area is 151 Å². The smallest absolute Gasteiger partial charge is 0.251 e. The van der Waals surface area contributed by atoms with Gasteiger partial charge in [0.15, 0.2) is 0 Å². The maximum atomic E-state index is 13.0. The second-order valence-corrected chi connectivity index (χ2v) is 6.56. The van der Waals surface area contributed by atoms with Crippen molar-refractivity contribution in [2.24, 2.45) is 5.92 Å². The number of amides is 2. The number of anilines is 1. The molecular weight excluding hydrogens is 343 g/mol. The van der Waals surface area contributed by atoms with Crippen molar-refractivity contribution in [2.75, 3.05) is 5.32 Å². The van der Waals surface area contributed by atoms with Crippen LogP contribution in [0.3, 0.4) is 0 Å². The Bertz CT molecular complexity index is 775. The number of aryl methyl sites for hydroxylation is 1. The van der Waals surface area contributed by atoms with Crippen LogP contribution in [0.4, 0.5) is 10.1 Å². The van der Waals surface area contributed by atoms with Crippen LogP contribution < -0.4 is 10.6 Å². The molecule has 25 heavy (non-hydrogen) atoms. The van der Waals surface area contributed by atoms with Crippen LogP contribution in [0.15, 0.2) is 42.5 Å². The predicted molar refractivity (Wildman–Crippen MR) is 97.3 cm³/mol. The fraction of sp³-hybridized carbons (Fsp3) is 0.263. The Kier molecular flexibility index (Phi) is 6.15. The van der Waals surface area contributed by atoms with Crippen molar-refractivity contribution in [2.45, 2.75) is 26.8 Å². The summed E-state index contributed by atoms with van der Waals surface area (Å²) in [5.74, 6) is -1.34. The molecule has 0 aromatic heterocycles. The first-order chi connectivity index (χ1) is 11.8. The van der Waals surface area contributed by atoms with Gasteiger partial charge in [0.2, 0.25) is 5.91 Å². The normalized spacial score (nSPS) is 11.9. The Morgan fingerprint density at radius 3 is 2.28 bits per heavy atom. The average Bonchev–Trinajstić information content (AvgIpc) is 2.56. The molecule has 0 unspecified atom stereocenters. The molecule has 0 bridgehead atoms. The zero-order valence-electron chi connectivity index (χ0n) is 14.3. The molecular formula is C19H20ClFN2O2. The second-order valence-electron chi connectivity index (χ2n) is 6.16. The fourth-order valence-electron chi connectivity index (χ4n) is 2.25. The molecule has 2 amide bonds.